The fraction of sp³-hybridized carbons (Fsp3) is 0.394. The zero-order valence-electron chi connectivity index (χ0n) is 26.2. The van der Waals surface area contributed by atoms with Crippen molar-refractivity contribution in [2.24, 2.45) is 17.6 Å². The first-order valence-corrected chi connectivity index (χ1v) is 14.7. The number of ketones is 2. The lowest BCUT2D eigenvalue weighted by atomic mass is 9.58. The van der Waals surface area contributed by atoms with Gasteiger partial charge < -0.3 is 41.1 Å². The van der Waals surface area contributed by atoms with Crippen LogP contribution >= 0.6 is 0 Å². The fourth-order valence-corrected chi connectivity index (χ4v) is 7.10. The zero-order valence-corrected chi connectivity index (χ0v) is 26.2. The van der Waals surface area contributed by atoms with Crippen molar-refractivity contribution in [3.63, 3.8) is 0 Å². The Morgan fingerprint density at radius 2 is 1.72 bits per heavy atom. The molecule has 1 amide bonds. The summed E-state index contributed by atoms with van der Waals surface area (Å²) in [6, 6.07) is 7.54. The third-order valence-corrected chi connectivity index (χ3v) is 9.28. The second-order valence-corrected chi connectivity index (χ2v) is 12.4. The van der Waals surface area contributed by atoms with Crippen LogP contribution in [0.1, 0.15) is 43.8 Å². The Kier molecular flexibility index (Phi) is 8.45. The number of methoxy groups -OCH3 is 1. The molecule has 2 aromatic rings. The smallest absolute Gasteiger partial charge is 0.337 e. The Labute approximate surface area is 265 Å². The summed E-state index contributed by atoms with van der Waals surface area (Å²) in [5, 5.41) is 49.0. The summed E-state index contributed by atoms with van der Waals surface area (Å²) in [6.45, 7) is 0.533. The number of carbonyl (C=O) groups excluding carboxylic acids is 4. The van der Waals surface area contributed by atoms with E-state index >= 15 is 0 Å². The Morgan fingerprint density at radius 1 is 1.07 bits per heavy atom. The molecule has 0 unspecified atom stereocenters. The third-order valence-electron chi connectivity index (χ3n) is 9.28. The molecule has 7 N–H and O–H groups in total. The molecule has 0 saturated carbocycles. The summed E-state index contributed by atoms with van der Waals surface area (Å²) in [6.07, 6.45) is 0.202. The lowest BCUT2D eigenvalue weighted by Crippen LogP contribution is -2.63. The number of benzene rings is 2. The first-order valence-electron chi connectivity index (χ1n) is 14.7. The van der Waals surface area contributed by atoms with Gasteiger partial charge in [0, 0.05) is 49.9 Å². The molecule has 3 aliphatic rings. The molecule has 2 aromatic carbocycles. The van der Waals surface area contributed by atoms with Crippen molar-refractivity contribution in [3.05, 3.63) is 80.8 Å². The number of nitrogens with two attached hydrogens (primary N) is 1. The number of carbonyl (C=O) groups is 4. The van der Waals surface area contributed by atoms with Gasteiger partial charge in [-0.3, -0.25) is 19.3 Å². The minimum atomic E-state index is -2.70. The van der Waals surface area contributed by atoms with Crippen LogP contribution < -0.4 is 16.0 Å². The maximum absolute atomic E-state index is 14.2. The summed E-state index contributed by atoms with van der Waals surface area (Å²) in [4.78, 5) is 55.0. The molecule has 0 radical (unpaired) electrons. The first kappa shape index (κ1) is 32.7. The van der Waals surface area contributed by atoms with Gasteiger partial charge in [0.05, 0.1) is 24.3 Å². The summed E-state index contributed by atoms with van der Waals surface area (Å²) in [7, 11) is 8.08. The van der Waals surface area contributed by atoms with Gasteiger partial charge in [0.15, 0.2) is 11.4 Å². The topological polar surface area (TPSA) is 203 Å². The molecule has 0 heterocycles. The van der Waals surface area contributed by atoms with Crippen LogP contribution in [0.2, 0.25) is 0 Å². The third kappa shape index (κ3) is 5.00. The molecule has 46 heavy (non-hydrogen) atoms. The summed E-state index contributed by atoms with van der Waals surface area (Å²) in [5.41, 5.74) is 4.48. The highest BCUT2D eigenvalue weighted by atomic mass is 16.5. The number of primary amides is 1. The largest absolute Gasteiger partial charge is 0.510 e. The number of amides is 1. The number of aliphatic hydroxyl groups excluding tert-OH is 2. The first-order chi connectivity index (χ1) is 21.6. The van der Waals surface area contributed by atoms with Crippen LogP contribution in [0.4, 0.5) is 5.69 Å². The van der Waals surface area contributed by atoms with Crippen LogP contribution in [-0.4, -0.2) is 95.7 Å². The van der Waals surface area contributed by atoms with Crippen LogP contribution in [0.5, 0.6) is 5.75 Å². The average molecular weight is 635 g/mol. The molecule has 244 valence electrons. The van der Waals surface area contributed by atoms with Gasteiger partial charge in [-0.2, -0.15) is 0 Å². The highest BCUT2D eigenvalue weighted by molar-refractivity contribution is 6.25. The number of allylic oxidation sites excluding steroid dienone is 1. The number of esters is 1. The summed E-state index contributed by atoms with van der Waals surface area (Å²) >= 11 is 0. The number of hydrogen-bond acceptors (Lipinski definition) is 12. The Morgan fingerprint density at radius 3 is 2.28 bits per heavy atom. The summed E-state index contributed by atoms with van der Waals surface area (Å²) in [5.74, 6) is -7.33. The van der Waals surface area contributed by atoms with Crippen molar-refractivity contribution in [1.82, 2.24) is 10.2 Å². The molecule has 13 heteroatoms. The Balaban J connectivity index is 1.53. The quantitative estimate of drug-likeness (QED) is 0.180. The van der Waals surface area contributed by atoms with E-state index in [4.69, 9.17) is 10.5 Å². The number of likely N-dealkylation sites (N-methyl/N-ethyl adjacent to an activating group) is 1. The van der Waals surface area contributed by atoms with Gasteiger partial charge in [-0.05, 0) is 62.2 Å². The van der Waals surface area contributed by atoms with Crippen LogP contribution in [0, 0.1) is 11.8 Å². The van der Waals surface area contributed by atoms with Crippen molar-refractivity contribution in [1.29, 1.82) is 0 Å². The van der Waals surface area contributed by atoms with Crippen LogP contribution in [0.3, 0.4) is 0 Å². The number of Topliss-reactive ketones (excluding diaryl/α,β-unsaturated/α-hetero) is 2. The van der Waals surface area contributed by atoms with Gasteiger partial charge in [-0.1, -0.05) is 12.1 Å². The number of rotatable bonds is 8. The molecule has 0 aliphatic heterocycles. The monoisotopic (exact) mass is 634 g/mol. The van der Waals surface area contributed by atoms with E-state index in [9.17, 15) is 39.6 Å². The Hall–Kier alpha value is -4.72. The number of aliphatic hydroxyl groups is 3. The van der Waals surface area contributed by atoms with Crippen molar-refractivity contribution >= 4 is 29.1 Å². The Bertz CT molecular complexity index is 1710. The normalized spacial score (nSPS) is 24.0. The number of nitrogens with one attached hydrogen (secondary N) is 1. The van der Waals surface area contributed by atoms with E-state index in [-0.39, 0.29) is 36.3 Å². The molecule has 0 fully saturated rings. The molecule has 0 spiro atoms. The van der Waals surface area contributed by atoms with Gasteiger partial charge in [-0.25, -0.2) is 4.79 Å². The number of aromatic hydroxyl groups is 1. The molecule has 0 bridgehead atoms. The van der Waals surface area contributed by atoms with E-state index in [0.717, 1.165) is 5.56 Å². The minimum absolute atomic E-state index is 0.0114. The van der Waals surface area contributed by atoms with Crippen molar-refractivity contribution in [2.75, 3.05) is 40.2 Å². The zero-order chi connectivity index (χ0) is 33.8. The van der Waals surface area contributed by atoms with Crippen LogP contribution in [0.15, 0.2) is 53.0 Å². The van der Waals surface area contributed by atoms with E-state index in [1.54, 1.807) is 58.5 Å². The second kappa shape index (κ2) is 11.9. The standard InChI is InChI=1S/C33H38N4O9/c1-36(2)21-12-18(14-35-13-15-6-8-16(9-7-15)32(44)46-5)26(38)23-19(21)10-17-11-20-25(37(3)4)28(40)24(31(34)43)30(42)33(20,45)29(41)22(17)27(23)39/h6-9,12,17,20,25,35,38,40-41,45H,10-11,13-14H2,1-5H3,(H2,34,43)/t17-,20-,25+,33-/m0/s1. The van der Waals surface area contributed by atoms with Gasteiger partial charge in [0.1, 0.15) is 22.8 Å². The highest BCUT2D eigenvalue weighted by Crippen LogP contribution is 2.53. The van der Waals surface area contributed by atoms with E-state index < -0.39 is 64.0 Å². The lowest BCUT2D eigenvalue weighted by Gasteiger charge is -2.50. The van der Waals surface area contributed by atoms with Gasteiger partial charge >= 0.3 is 5.97 Å². The molecule has 5 rings (SSSR count). The SMILES string of the molecule is COC(=O)c1ccc(CNCc2cc(N(C)C)c3c(c2O)C(=O)C2=C(O)[C@]4(O)C(=O)C(C(N)=O)=C(O)[C@H](N(C)C)[C@@H]4C[C@@H]2C3)cc1. The molecular formula is C33H38N4O9. The molecule has 0 aromatic heterocycles. The van der Waals surface area contributed by atoms with Crippen LogP contribution in [-0.2, 0) is 33.8 Å². The van der Waals surface area contributed by atoms with Crippen LogP contribution in [0.25, 0.3) is 0 Å². The van der Waals surface area contributed by atoms with Crippen molar-refractivity contribution in [2.45, 2.75) is 37.6 Å². The minimum Gasteiger partial charge on any atom is -0.510 e. The van der Waals surface area contributed by atoms with Crippen molar-refractivity contribution < 1.29 is 44.3 Å². The number of ether oxygens (including phenoxy) is 1. The fourth-order valence-electron chi connectivity index (χ4n) is 7.10. The predicted octanol–water partition coefficient (Wildman–Crippen LogP) is 1.26. The van der Waals surface area contributed by atoms with Crippen molar-refractivity contribution in [3.8, 4) is 5.75 Å². The van der Waals surface area contributed by atoms with Gasteiger partial charge in [0.25, 0.3) is 5.91 Å². The number of anilines is 1. The number of fused-ring (bicyclic) bond motifs is 3. The van der Waals surface area contributed by atoms with E-state index in [2.05, 4.69) is 5.32 Å². The summed E-state index contributed by atoms with van der Waals surface area (Å²) < 4.78 is 4.73. The van der Waals surface area contributed by atoms with Gasteiger partial charge in [0.2, 0.25) is 5.78 Å². The predicted molar refractivity (Wildman–Crippen MR) is 166 cm³/mol. The number of phenols is 1. The molecular weight excluding hydrogens is 596 g/mol. The van der Waals surface area contributed by atoms with E-state index in [1.165, 1.54) is 12.0 Å². The van der Waals surface area contributed by atoms with E-state index in [0.29, 0.717) is 28.9 Å². The number of hydrogen-bond donors (Lipinski definition) is 6. The lowest BCUT2D eigenvalue weighted by molar-refractivity contribution is -0.148. The van der Waals surface area contributed by atoms with Gasteiger partial charge in [-0.15, -0.1) is 0 Å². The second-order valence-electron chi connectivity index (χ2n) is 12.4. The molecule has 3 aliphatic carbocycles. The highest BCUT2D eigenvalue weighted by Gasteiger charge is 2.63. The maximum Gasteiger partial charge on any atom is 0.337 e. The molecule has 13 nitrogen and oxygen atoms in total. The number of nitrogens with zero attached hydrogens (tertiary/aromatic N) is 2. The average Bonchev–Trinajstić information content (AvgIpc) is 2.99. The van der Waals surface area contributed by atoms with E-state index in [1.807, 2.05) is 4.90 Å². The molecule has 4 atom stereocenters. The molecule has 0 saturated heterocycles. The number of phenolic OH excluding ortho intramolecular Hbond substituents is 1. The maximum atomic E-state index is 14.2.